The van der Waals surface area contributed by atoms with Crippen molar-refractivity contribution in [3.8, 4) is 0 Å². The minimum absolute atomic E-state index is 0.0448. The number of piperazine rings is 1. The molecule has 8 nitrogen and oxygen atoms in total. The van der Waals surface area contributed by atoms with Crippen LogP contribution in [0.15, 0.2) is 53.4 Å². The van der Waals surface area contributed by atoms with Crippen LogP contribution in [0.1, 0.15) is 18.5 Å². The molecule has 0 spiro atoms. The van der Waals surface area contributed by atoms with Crippen LogP contribution in [0, 0.1) is 10.1 Å². The van der Waals surface area contributed by atoms with Crippen molar-refractivity contribution in [3.05, 3.63) is 64.2 Å². The predicted molar refractivity (Wildman–Crippen MR) is 107 cm³/mol. The highest BCUT2D eigenvalue weighted by Crippen LogP contribution is 2.31. The molecular weight excluding hydrogens is 380 g/mol. The Kier molecular flexibility index (Phi) is 5.97. The number of rotatable bonds is 6. The van der Waals surface area contributed by atoms with Crippen molar-refractivity contribution in [2.75, 3.05) is 38.5 Å². The molecule has 0 bridgehead atoms. The van der Waals surface area contributed by atoms with Crippen molar-refractivity contribution in [3.63, 3.8) is 0 Å². The van der Waals surface area contributed by atoms with Crippen LogP contribution in [0.25, 0.3) is 0 Å². The van der Waals surface area contributed by atoms with E-state index in [1.807, 2.05) is 44.3 Å². The summed E-state index contributed by atoms with van der Waals surface area (Å²) >= 11 is 0. The zero-order valence-electron chi connectivity index (χ0n) is 16.0. The summed E-state index contributed by atoms with van der Waals surface area (Å²) in [5.74, 6) is 0. The fourth-order valence-corrected chi connectivity index (χ4v) is 4.72. The molecule has 0 saturated carbocycles. The number of hydrogen-bond donors (Lipinski definition) is 2. The van der Waals surface area contributed by atoms with Crippen LogP contribution in [0.3, 0.4) is 0 Å². The first-order valence-corrected chi connectivity index (χ1v) is 10.6. The van der Waals surface area contributed by atoms with E-state index in [1.165, 1.54) is 21.3 Å². The standard InChI is InChI=1S/C19H24N4O4S/c1-15(16-6-4-3-5-7-16)20-18-9-8-17(14-19(18)23(24)25)28(26,27)22-12-10-21(2)11-13-22/h3-9,14-15,20H,10-13H2,1-2H3/p+1/t15-/m1/s1. The fraction of sp³-hybridized carbons (Fsp3) is 0.368. The van der Waals surface area contributed by atoms with Gasteiger partial charge >= 0.3 is 0 Å². The van der Waals surface area contributed by atoms with E-state index in [9.17, 15) is 18.5 Å². The van der Waals surface area contributed by atoms with Crippen LogP contribution in [-0.4, -0.2) is 50.9 Å². The number of nitrogens with one attached hydrogen (secondary N) is 2. The molecular formula is C19H25N4O4S+. The monoisotopic (exact) mass is 405 g/mol. The molecule has 28 heavy (non-hydrogen) atoms. The number of sulfonamides is 1. The van der Waals surface area contributed by atoms with Gasteiger partial charge in [-0.2, -0.15) is 4.31 Å². The van der Waals surface area contributed by atoms with Crippen molar-refractivity contribution in [2.45, 2.75) is 17.9 Å². The Bertz CT molecular complexity index is 942. The summed E-state index contributed by atoms with van der Waals surface area (Å²) in [6.07, 6.45) is 0. The molecule has 1 aliphatic heterocycles. The summed E-state index contributed by atoms with van der Waals surface area (Å²) < 4.78 is 27.2. The van der Waals surface area contributed by atoms with Gasteiger partial charge in [0.25, 0.3) is 5.69 Å². The van der Waals surface area contributed by atoms with Gasteiger partial charge in [-0.25, -0.2) is 8.42 Å². The Labute approximate surface area is 165 Å². The molecule has 0 amide bonds. The second kappa shape index (κ2) is 8.26. The molecule has 150 valence electrons. The van der Waals surface area contributed by atoms with Gasteiger partial charge in [-0.15, -0.1) is 0 Å². The molecule has 1 aliphatic rings. The highest BCUT2D eigenvalue weighted by atomic mass is 32.2. The summed E-state index contributed by atoms with van der Waals surface area (Å²) in [6.45, 7) is 4.15. The van der Waals surface area contributed by atoms with E-state index in [0.717, 1.165) is 24.7 Å². The lowest BCUT2D eigenvalue weighted by Crippen LogP contribution is -3.12. The second-order valence-electron chi connectivity index (χ2n) is 7.07. The summed E-state index contributed by atoms with van der Waals surface area (Å²) in [5, 5.41) is 14.7. The molecule has 3 rings (SSSR count). The summed E-state index contributed by atoms with van der Waals surface area (Å²) in [4.78, 5) is 12.3. The lowest BCUT2D eigenvalue weighted by Gasteiger charge is -2.29. The molecule has 1 heterocycles. The number of nitro groups is 1. The molecule has 0 unspecified atom stereocenters. The van der Waals surface area contributed by atoms with E-state index < -0.39 is 14.9 Å². The van der Waals surface area contributed by atoms with Crippen LogP contribution < -0.4 is 10.2 Å². The van der Waals surface area contributed by atoms with Crippen LogP contribution in [0.5, 0.6) is 0 Å². The second-order valence-corrected chi connectivity index (χ2v) is 9.01. The Morgan fingerprint density at radius 3 is 2.39 bits per heavy atom. The third kappa shape index (κ3) is 4.32. The van der Waals surface area contributed by atoms with Crippen molar-refractivity contribution in [1.29, 1.82) is 0 Å². The summed E-state index contributed by atoms with van der Waals surface area (Å²) in [6, 6.07) is 13.5. The number of nitro benzene ring substituents is 1. The number of hydrogen-bond acceptors (Lipinski definition) is 5. The van der Waals surface area contributed by atoms with Gasteiger partial charge in [0.1, 0.15) is 5.69 Å². The molecule has 0 aromatic heterocycles. The Morgan fingerprint density at radius 2 is 1.79 bits per heavy atom. The van der Waals surface area contributed by atoms with Crippen LogP contribution in [-0.2, 0) is 10.0 Å². The van der Waals surface area contributed by atoms with E-state index in [4.69, 9.17) is 0 Å². The third-order valence-electron chi connectivity index (χ3n) is 5.05. The lowest BCUT2D eigenvalue weighted by atomic mass is 10.1. The molecule has 0 radical (unpaired) electrons. The Hall–Kier alpha value is -2.49. The summed E-state index contributed by atoms with van der Waals surface area (Å²) in [5.41, 5.74) is 1.03. The van der Waals surface area contributed by atoms with Crippen molar-refractivity contribution in [2.24, 2.45) is 0 Å². The maximum atomic E-state index is 12.9. The highest BCUT2D eigenvalue weighted by molar-refractivity contribution is 7.89. The zero-order valence-corrected chi connectivity index (χ0v) is 16.8. The highest BCUT2D eigenvalue weighted by Gasteiger charge is 2.31. The number of benzene rings is 2. The van der Waals surface area contributed by atoms with Gasteiger partial charge in [-0.1, -0.05) is 30.3 Å². The van der Waals surface area contributed by atoms with Crippen molar-refractivity contribution >= 4 is 21.4 Å². The van der Waals surface area contributed by atoms with E-state index >= 15 is 0 Å². The Morgan fingerprint density at radius 1 is 1.14 bits per heavy atom. The van der Waals surface area contributed by atoms with Gasteiger partial charge in [-0.05, 0) is 24.6 Å². The van der Waals surface area contributed by atoms with Gasteiger partial charge in [0, 0.05) is 12.1 Å². The molecule has 1 fully saturated rings. The molecule has 9 heteroatoms. The number of likely N-dealkylation sites (N-methyl/N-ethyl adjacent to an activating group) is 1. The van der Waals surface area contributed by atoms with E-state index in [1.54, 1.807) is 0 Å². The van der Waals surface area contributed by atoms with Crippen LogP contribution in [0.2, 0.25) is 0 Å². The van der Waals surface area contributed by atoms with Gasteiger partial charge in [0.2, 0.25) is 10.0 Å². The first kappa shape index (κ1) is 20.2. The van der Waals surface area contributed by atoms with Gasteiger partial charge in [0.05, 0.1) is 43.0 Å². The maximum absolute atomic E-state index is 12.9. The predicted octanol–water partition coefficient (Wildman–Crippen LogP) is 1.29. The molecule has 2 N–H and O–H groups in total. The van der Waals surface area contributed by atoms with Gasteiger partial charge in [0.15, 0.2) is 0 Å². The molecule has 2 aromatic carbocycles. The SMILES string of the molecule is C[C@@H](Nc1ccc(S(=O)(=O)N2CC[NH+](C)CC2)cc1[N+](=O)[O-])c1ccccc1. The Balaban J connectivity index is 1.88. The normalized spacial score (nSPS) is 17.2. The minimum atomic E-state index is -3.75. The molecule has 2 aromatic rings. The quantitative estimate of drug-likeness (QED) is 0.558. The lowest BCUT2D eigenvalue weighted by molar-refractivity contribution is -0.883. The van der Waals surface area contributed by atoms with Crippen LogP contribution in [0.4, 0.5) is 11.4 Å². The number of nitrogens with zero attached hydrogens (tertiary/aromatic N) is 2. The first-order chi connectivity index (χ1) is 13.3. The van der Waals surface area contributed by atoms with E-state index in [-0.39, 0.29) is 16.6 Å². The van der Waals surface area contributed by atoms with Crippen molar-refractivity contribution in [1.82, 2.24) is 4.31 Å². The third-order valence-corrected chi connectivity index (χ3v) is 6.95. The average Bonchev–Trinajstić information content (AvgIpc) is 2.69. The largest absolute Gasteiger partial charge is 0.373 e. The van der Waals surface area contributed by atoms with E-state index in [0.29, 0.717) is 18.8 Å². The first-order valence-electron chi connectivity index (χ1n) is 9.20. The molecule has 1 atom stereocenters. The topological polar surface area (TPSA) is 97.0 Å². The summed E-state index contributed by atoms with van der Waals surface area (Å²) in [7, 11) is -1.73. The van der Waals surface area contributed by atoms with E-state index in [2.05, 4.69) is 5.32 Å². The average molecular weight is 406 g/mol. The van der Waals surface area contributed by atoms with Gasteiger partial charge < -0.3 is 10.2 Å². The fourth-order valence-electron chi connectivity index (χ4n) is 3.26. The number of anilines is 1. The smallest absolute Gasteiger partial charge is 0.293 e. The zero-order chi connectivity index (χ0) is 20.3. The molecule has 1 saturated heterocycles. The van der Waals surface area contributed by atoms with Crippen molar-refractivity contribution < 1.29 is 18.2 Å². The number of quaternary nitrogens is 1. The van der Waals surface area contributed by atoms with Crippen LogP contribution >= 0.6 is 0 Å². The van der Waals surface area contributed by atoms with Gasteiger partial charge in [-0.3, -0.25) is 10.1 Å². The maximum Gasteiger partial charge on any atom is 0.293 e. The minimum Gasteiger partial charge on any atom is -0.373 e. The molecule has 0 aliphatic carbocycles.